The largest absolute Gasteiger partial charge is 0.395 e. The first-order valence-corrected chi connectivity index (χ1v) is 13.2. The fraction of sp³-hybridized carbons (Fsp3) is 0.500. The summed E-state index contributed by atoms with van der Waals surface area (Å²) in [6.07, 6.45) is 2.53. The summed E-state index contributed by atoms with van der Waals surface area (Å²) < 4.78 is 26.9. The topological polar surface area (TPSA) is 111 Å². The van der Waals surface area contributed by atoms with Crippen LogP contribution in [0.2, 0.25) is 5.15 Å². The summed E-state index contributed by atoms with van der Waals surface area (Å²) in [4.78, 5) is 28.1. The molecule has 206 valence electrons. The maximum atomic E-state index is 13.6. The van der Waals surface area contributed by atoms with Crippen LogP contribution in [0, 0.1) is 11.6 Å². The molecule has 0 aliphatic carbocycles. The van der Waals surface area contributed by atoms with Crippen molar-refractivity contribution in [3.63, 3.8) is 0 Å². The summed E-state index contributed by atoms with van der Waals surface area (Å²) in [5.41, 5.74) is 7.15. The lowest BCUT2D eigenvalue weighted by atomic mass is 9.97. The summed E-state index contributed by atoms with van der Waals surface area (Å²) in [6, 6.07) is 3.84. The number of aromatic nitrogens is 2. The number of aliphatic hydroxyl groups is 1. The van der Waals surface area contributed by atoms with Gasteiger partial charge in [0.2, 0.25) is 0 Å². The Morgan fingerprint density at radius 2 is 1.95 bits per heavy atom. The first kappa shape index (κ1) is 28.0. The number of nitrogens with two attached hydrogens (primary N) is 1. The van der Waals surface area contributed by atoms with Crippen LogP contribution in [-0.2, 0) is 0 Å². The SMILES string of the molecule is C=C(NCCO)c1nc(Cl)c(N2CCN(C3CCN(C(=O)c4ccc(F)c(F)c4)CC3)[C@@H](CC)C2)nc1N. The molecule has 2 aliphatic rings. The third-order valence-electron chi connectivity index (χ3n) is 7.29. The Bertz CT molecular complexity index is 1180. The number of benzene rings is 1. The average molecular weight is 550 g/mol. The van der Waals surface area contributed by atoms with Crippen molar-refractivity contribution in [2.24, 2.45) is 0 Å². The molecule has 9 nitrogen and oxygen atoms in total. The third kappa shape index (κ3) is 6.00. The molecule has 0 radical (unpaired) electrons. The molecule has 0 bridgehead atoms. The summed E-state index contributed by atoms with van der Waals surface area (Å²) in [5.74, 6) is -1.50. The standard InChI is InChI=1S/C26H34ClF2N7O2/c1-3-18-15-35(25-23(27)32-22(24(30)33-25)16(2)31-8-13-37)11-12-36(18)19-6-9-34(10-7-19)26(38)17-4-5-20(28)21(29)14-17/h4-5,14,18-19,31,37H,2-3,6-13,15H2,1H3,(H2,30,33)/t18-/m0/s1. The molecule has 1 amide bonds. The van der Waals surface area contributed by atoms with Crippen LogP contribution in [0.15, 0.2) is 24.8 Å². The molecule has 1 aromatic carbocycles. The fourth-order valence-electron chi connectivity index (χ4n) is 5.25. The van der Waals surface area contributed by atoms with Crippen LogP contribution < -0.4 is 16.0 Å². The Morgan fingerprint density at radius 3 is 2.61 bits per heavy atom. The van der Waals surface area contributed by atoms with E-state index in [1.54, 1.807) is 4.90 Å². The first-order chi connectivity index (χ1) is 18.2. The van der Waals surface area contributed by atoms with Crippen LogP contribution in [0.4, 0.5) is 20.4 Å². The quantitative estimate of drug-likeness (QED) is 0.461. The van der Waals surface area contributed by atoms with Gasteiger partial charge in [0, 0.05) is 56.9 Å². The summed E-state index contributed by atoms with van der Waals surface area (Å²) in [5, 5.41) is 12.2. The number of anilines is 2. The van der Waals surface area contributed by atoms with Crippen LogP contribution in [0.3, 0.4) is 0 Å². The van der Waals surface area contributed by atoms with Gasteiger partial charge in [-0.15, -0.1) is 0 Å². The van der Waals surface area contributed by atoms with Crippen LogP contribution in [0.1, 0.15) is 42.2 Å². The van der Waals surface area contributed by atoms with E-state index in [0.717, 1.165) is 37.9 Å². The van der Waals surface area contributed by atoms with Gasteiger partial charge in [0.05, 0.1) is 12.3 Å². The Balaban J connectivity index is 1.38. The Kier molecular flexibility index (Phi) is 9.01. The van der Waals surface area contributed by atoms with Crippen molar-refractivity contribution >= 4 is 34.8 Å². The van der Waals surface area contributed by atoms with E-state index in [0.29, 0.717) is 56.0 Å². The minimum Gasteiger partial charge on any atom is -0.395 e. The smallest absolute Gasteiger partial charge is 0.253 e. The molecule has 4 rings (SSSR count). The van der Waals surface area contributed by atoms with E-state index in [4.69, 9.17) is 22.4 Å². The summed E-state index contributed by atoms with van der Waals surface area (Å²) in [7, 11) is 0. The lowest BCUT2D eigenvalue weighted by Crippen LogP contribution is -2.58. The molecule has 2 aromatic rings. The monoisotopic (exact) mass is 549 g/mol. The molecule has 38 heavy (non-hydrogen) atoms. The number of aliphatic hydroxyl groups excluding tert-OH is 1. The lowest BCUT2D eigenvalue weighted by molar-refractivity contribution is 0.0490. The summed E-state index contributed by atoms with van der Waals surface area (Å²) in [6.45, 7) is 9.62. The van der Waals surface area contributed by atoms with Crippen molar-refractivity contribution in [2.45, 2.75) is 38.3 Å². The van der Waals surface area contributed by atoms with E-state index in [9.17, 15) is 13.6 Å². The lowest BCUT2D eigenvalue weighted by Gasteiger charge is -2.47. The molecule has 0 unspecified atom stereocenters. The molecule has 2 aliphatic heterocycles. The van der Waals surface area contributed by atoms with Crippen molar-refractivity contribution < 1.29 is 18.7 Å². The molecule has 12 heteroatoms. The second kappa shape index (κ2) is 12.2. The molecule has 0 saturated carbocycles. The van der Waals surface area contributed by atoms with E-state index in [-0.39, 0.29) is 35.1 Å². The number of hydrogen-bond acceptors (Lipinski definition) is 8. The molecule has 3 heterocycles. The number of amides is 1. The van der Waals surface area contributed by atoms with Crippen LogP contribution in [0.25, 0.3) is 5.70 Å². The van der Waals surface area contributed by atoms with Crippen molar-refractivity contribution in [1.82, 2.24) is 25.1 Å². The first-order valence-electron chi connectivity index (χ1n) is 12.9. The van der Waals surface area contributed by atoms with E-state index >= 15 is 0 Å². The van der Waals surface area contributed by atoms with E-state index in [2.05, 4.69) is 38.6 Å². The highest BCUT2D eigenvalue weighted by molar-refractivity contribution is 6.31. The maximum absolute atomic E-state index is 13.6. The zero-order valence-electron chi connectivity index (χ0n) is 21.5. The van der Waals surface area contributed by atoms with Crippen molar-refractivity contribution in [2.75, 3.05) is 56.5 Å². The maximum Gasteiger partial charge on any atom is 0.253 e. The number of piperazine rings is 1. The number of carbonyl (C=O) groups excluding carboxylic acids is 1. The molecule has 2 fully saturated rings. The van der Waals surface area contributed by atoms with Gasteiger partial charge in [0.15, 0.2) is 28.4 Å². The van der Waals surface area contributed by atoms with Gasteiger partial charge in [0.25, 0.3) is 5.91 Å². The van der Waals surface area contributed by atoms with E-state index in [1.807, 2.05) is 0 Å². The van der Waals surface area contributed by atoms with Gasteiger partial charge in [-0.3, -0.25) is 9.69 Å². The molecule has 1 atom stereocenters. The molecule has 0 spiro atoms. The van der Waals surface area contributed by atoms with E-state index in [1.165, 1.54) is 6.07 Å². The molecule has 2 saturated heterocycles. The predicted molar refractivity (Wildman–Crippen MR) is 144 cm³/mol. The van der Waals surface area contributed by atoms with Gasteiger partial charge in [-0.2, -0.15) is 0 Å². The molecular weight excluding hydrogens is 516 g/mol. The molecular formula is C26H34ClF2N7O2. The van der Waals surface area contributed by atoms with Gasteiger partial charge >= 0.3 is 0 Å². The minimum absolute atomic E-state index is 0.0512. The van der Waals surface area contributed by atoms with Crippen molar-refractivity contribution in [1.29, 1.82) is 0 Å². The Morgan fingerprint density at radius 1 is 1.21 bits per heavy atom. The van der Waals surface area contributed by atoms with Gasteiger partial charge in [-0.25, -0.2) is 18.7 Å². The van der Waals surface area contributed by atoms with Crippen LogP contribution in [-0.4, -0.2) is 88.7 Å². The minimum atomic E-state index is -1.01. The zero-order valence-corrected chi connectivity index (χ0v) is 22.2. The average Bonchev–Trinajstić information content (AvgIpc) is 2.93. The number of piperidine rings is 1. The molecule has 1 aromatic heterocycles. The molecule has 4 N–H and O–H groups in total. The third-order valence-corrected chi connectivity index (χ3v) is 7.54. The highest BCUT2D eigenvalue weighted by atomic mass is 35.5. The normalized spacial score (nSPS) is 19.0. The Labute approximate surface area is 226 Å². The summed E-state index contributed by atoms with van der Waals surface area (Å²) >= 11 is 6.52. The van der Waals surface area contributed by atoms with Crippen molar-refractivity contribution in [3.05, 3.63) is 52.8 Å². The number of nitrogen functional groups attached to an aromatic ring is 1. The number of nitrogens with one attached hydrogen (secondary N) is 1. The van der Waals surface area contributed by atoms with Gasteiger partial charge < -0.3 is 26.0 Å². The van der Waals surface area contributed by atoms with Gasteiger partial charge in [0.1, 0.15) is 5.69 Å². The number of hydrogen-bond donors (Lipinski definition) is 3. The van der Waals surface area contributed by atoms with Crippen LogP contribution >= 0.6 is 11.6 Å². The number of halogens is 3. The van der Waals surface area contributed by atoms with Gasteiger partial charge in [-0.05, 0) is 37.5 Å². The highest BCUT2D eigenvalue weighted by Crippen LogP contribution is 2.31. The Hall–Kier alpha value is -3.02. The second-order valence-corrected chi connectivity index (χ2v) is 9.96. The van der Waals surface area contributed by atoms with Crippen molar-refractivity contribution in [3.8, 4) is 0 Å². The predicted octanol–water partition coefficient (Wildman–Crippen LogP) is 2.75. The van der Waals surface area contributed by atoms with E-state index < -0.39 is 11.6 Å². The van der Waals surface area contributed by atoms with Gasteiger partial charge in [-0.1, -0.05) is 25.1 Å². The number of rotatable bonds is 8. The highest BCUT2D eigenvalue weighted by Gasteiger charge is 2.35. The second-order valence-electron chi connectivity index (χ2n) is 9.60. The number of likely N-dealkylation sites (tertiary alicyclic amines) is 1. The fourth-order valence-corrected chi connectivity index (χ4v) is 5.50. The zero-order chi connectivity index (χ0) is 27.4. The van der Waals surface area contributed by atoms with Crippen LogP contribution in [0.5, 0.6) is 0 Å². The number of nitrogens with zero attached hydrogens (tertiary/aromatic N) is 5. The number of carbonyl (C=O) groups is 1.